The van der Waals surface area contributed by atoms with Crippen LogP contribution in [0.5, 0.6) is 5.75 Å². The van der Waals surface area contributed by atoms with Crippen LogP contribution in [0.1, 0.15) is 29.0 Å². The van der Waals surface area contributed by atoms with Gasteiger partial charge in [0.15, 0.2) is 0 Å². The lowest BCUT2D eigenvalue weighted by Gasteiger charge is -2.13. The van der Waals surface area contributed by atoms with Crippen LogP contribution >= 0.6 is 0 Å². The fourth-order valence-corrected chi connectivity index (χ4v) is 2.20. The molecule has 2 aromatic rings. The predicted octanol–water partition coefficient (Wildman–Crippen LogP) is 4.52. The molecule has 0 N–H and O–H groups in total. The lowest BCUT2D eigenvalue weighted by atomic mass is 9.97. The maximum Gasteiger partial charge on any atom is 0.123 e. The molecule has 1 atom stereocenters. The normalized spacial score (nSPS) is 11.7. The first kappa shape index (κ1) is 15.1. The molecule has 0 saturated heterocycles. The summed E-state index contributed by atoms with van der Waals surface area (Å²) in [5.74, 6) is 0.167. The fourth-order valence-electron chi connectivity index (χ4n) is 2.20. The molecule has 0 aromatic heterocycles. The zero-order chi connectivity index (χ0) is 15.2. The SMILES string of the molecule is Cc1cccc(OCCC(C#N)c2cccc(F)c2)c1C. The number of hydrogen-bond acceptors (Lipinski definition) is 2. The minimum Gasteiger partial charge on any atom is -0.493 e. The first-order chi connectivity index (χ1) is 10.1. The number of aryl methyl sites for hydroxylation is 1. The lowest BCUT2D eigenvalue weighted by molar-refractivity contribution is 0.303. The summed E-state index contributed by atoms with van der Waals surface area (Å²) in [4.78, 5) is 0. The highest BCUT2D eigenvalue weighted by Gasteiger charge is 2.12. The van der Waals surface area contributed by atoms with Crippen LogP contribution in [0.25, 0.3) is 0 Å². The topological polar surface area (TPSA) is 33.0 Å². The summed E-state index contributed by atoms with van der Waals surface area (Å²) < 4.78 is 19.0. The van der Waals surface area contributed by atoms with Gasteiger partial charge in [-0.2, -0.15) is 5.26 Å². The Balaban J connectivity index is 1.98. The molecule has 2 aromatic carbocycles. The van der Waals surface area contributed by atoms with Crippen LogP contribution < -0.4 is 4.74 Å². The highest BCUT2D eigenvalue weighted by atomic mass is 19.1. The Morgan fingerprint density at radius 3 is 2.67 bits per heavy atom. The van der Waals surface area contributed by atoms with Crippen LogP contribution in [0.4, 0.5) is 4.39 Å². The van der Waals surface area contributed by atoms with E-state index in [1.54, 1.807) is 12.1 Å². The van der Waals surface area contributed by atoms with Crippen LogP contribution in [-0.2, 0) is 0 Å². The van der Waals surface area contributed by atoms with E-state index in [4.69, 9.17) is 4.74 Å². The van der Waals surface area contributed by atoms with E-state index >= 15 is 0 Å². The van der Waals surface area contributed by atoms with E-state index in [9.17, 15) is 9.65 Å². The van der Waals surface area contributed by atoms with Crippen molar-refractivity contribution in [2.75, 3.05) is 6.61 Å². The molecule has 2 rings (SSSR count). The molecule has 1 unspecified atom stereocenters. The smallest absolute Gasteiger partial charge is 0.123 e. The van der Waals surface area contributed by atoms with E-state index in [-0.39, 0.29) is 11.7 Å². The second kappa shape index (κ2) is 6.90. The molecule has 0 fully saturated rings. The van der Waals surface area contributed by atoms with Gasteiger partial charge in [0.1, 0.15) is 11.6 Å². The van der Waals surface area contributed by atoms with Crippen molar-refractivity contribution in [2.45, 2.75) is 26.2 Å². The second-order valence-corrected chi connectivity index (χ2v) is 5.07. The van der Waals surface area contributed by atoms with Crippen LogP contribution in [0.3, 0.4) is 0 Å². The van der Waals surface area contributed by atoms with E-state index in [2.05, 4.69) is 6.07 Å². The van der Waals surface area contributed by atoms with Gasteiger partial charge in [0.05, 0.1) is 18.6 Å². The van der Waals surface area contributed by atoms with Crippen LogP contribution in [-0.4, -0.2) is 6.61 Å². The summed E-state index contributed by atoms with van der Waals surface area (Å²) in [7, 11) is 0. The van der Waals surface area contributed by atoms with E-state index in [1.165, 1.54) is 17.7 Å². The average Bonchev–Trinajstić information content (AvgIpc) is 2.48. The highest BCUT2D eigenvalue weighted by Crippen LogP contribution is 2.23. The summed E-state index contributed by atoms with van der Waals surface area (Å²) in [6, 6.07) is 14.3. The molecule has 3 heteroatoms. The molecule has 0 bridgehead atoms. The molecule has 0 aliphatic heterocycles. The summed E-state index contributed by atoms with van der Waals surface area (Å²) in [5, 5.41) is 9.24. The third kappa shape index (κ3) is 3.82. The zero-order valence-electron chi connectivity index (χ0n) is 12.3. The quantitative estimate of drug-likeness (QED) is 0.808. The molecule has 0 aliphatic carbocycles. The van der Waals surface area contributed by atoms with Crippen molar-refractivity contribution in [2.24, 2.45) is 0 Å². The van der Waals surface area contributed by atoms with Crippen molar-refractivity contribution < 1.29 is 9.13 Å². The van der Waals surface area contributed by atoms with E-state index in [0.29, 0.717) is 18.6 Å². The Bertz CT molecular complexity index is 661. The third-order valence-electron chi connectivity index (χ3n) is 3.63. The molecule has 0 aliphatic rings. The highest BCUT2D eigenvalue weighted by molar-refractivity contribution is 5.38. The summed E-state index contributed by atoms with van der Waals surface area (Å²) in [6.07, 6.45) is 0.535. The van der Waals surface area contributed by atoms with E-state index in [1.807, 2.05) is 32.0 Å². The van der Waals surface area contributed by atoms with Gasteiger partial charge in [0, 0.05) is 6.42 Å². The maximum atomic E-state index is 13.2. The largest absolute Gasteiger partial charge is 0.493 e. The van der Waals surface area contributed by atoms with Gasteiger partial charge in [-0.15, -0.1) is 0 Å². The van der Waals surface area contributed by atoms with Crippen molar-refractivity contribution in [3.05, 3.63) is 65.0 Å². The van der Waals surface area contributed by atoms with Crippen molar-refractivity contribution in [1.29, 1.82) is 5.26 Å². The predicted molar refractivity (Wildman–Crippen MR) is 80.8 cm³/mol. The number of hydrogen-bond donors (Lipinski definition) is 0. The zero-order valence-corrected chi connectivity index (χ0v) is 12.3. The molecule has 0 heterocycles. The van der Waals surface area contributed by atoms with Gasteiger partial charge < -0.3 is 4.74 Å². The average molecular weight is 283 g/mol. The monoisotopic (exact) mass is 283 g/mol. The Morgan fingerprint density at radius 2 is 1.95 bits per heavy atom. The molecular formula is C18H18FNO. The fraction of sp³-hybridized carbons (Fsp3) is 0.278. The second-order valence-electron chi connectivity index (χ2n) is 5.07. The number of nitriles is 1. The Morgan fingerprint density at radius 1 is 1.19 bits per heavy atom. The Hall–Kier alpha value is -2.34. The number of ether oxygens (including phenoxy) is 1. The van der Waals surface area contributed by atoms with Gasteiger partial charge in [-0.25, -0.2) is 4.39 Å². The number of nitrogens with zero attached hydrogens (tertiary/aromatic N) is 1. The van der Waals surface area contributed by atoms with E-state index in [0.717, 1.165) is 11.3 Å². The van der Waals surface area contributed by atoms with Gasteiger partial charge in [0.25, 0.3) is 0 Å². The molecule has 0 spiro atoms. The van der Waals surface area contributed by atoms with Gasteiger partial charge in [-0.1, -0.05) is 24.3 Å². The number of halogens is 1. The molecule has 21 heavy (non-hydrogen) atoms. The molecule has 108 valence electrons. The van der Waals surface area contributed by atoms with E-state index < -0.39 is 0 Å². The molecular weight excluding hydrogens is 265 g/mol. The maximum absolute atomic E-state index is 13.2. The van der Waals surface area contributed by atoms with Crippen molar-refractivity contribution in [3.8, 4) is 11.8 Å². The van der Waals surface area contributed by atoms with Crippen molar-refractivity contribution in [1.82, 2.24) is 0 Å². The van der Waals surface area contributed by atoms with Gasteiger partial charge in [0.2, 0.25) is 0 Å². The summed E-state index contributed by atoms with van der Waals surface area (Å²) >= 11 is 0. The lowest BCUT2D eigenvalue weighted by Crippen LogP contribution is -2.05. The molecule has 2 nitrogen and oxygen atoms in total. The number of benzene rings is 2. The van der Waals surface area contributed by atoms with Crippen LogP contribution in [0, 0.1) is 31.0 Å². The summed E-state index contributed by atoms with van der Waals surface area (Å²) in [5.41, 5.74) is 2.98. The standard InChI is InChI=1S/C18H18FNO/c1-13-5-3-8-18(14(13)2)21-10-9-16(12-20)15-6-4-7-17(19)11-15/h3-8,11,16H,9-10H2,1-2H3. The first-order valence-corrected chi connectivity index (χ1v) is 6.96. The first-order valence-electron chi connectivity index (χ1n) is 6.96. The van der Waals surface area contributed by atoms with Crippen molar-refractivity contribution in [3.63, 3.8) is 0 Å². The Labute approximate surface area is 124 Å². The molecule has 0 radical (unpaired) electrons. The van der Waals surface area contributed by atoms with Gasteiger partial charge in [-0.05, 0) is 48.7 Å². The minimum absolute atomic E-state index is 0.316. The van der Waals surface area contributed by atoms with Gasteiger partial charge >= 0.3 is 0 Å². The molecule has 0 saturated carbocycles. The minimum atomic E-state index is -0.356. The molecule has 0 amide bonds. The number of rotatable bonds is 5. The summed E-state index contributed by atoms with van der Waals surface area (Å²) in [6.45, 7) is 4.48. The van der Waals surface area contributed by atoms with Crippen LogP contribution in [0.2, 0.25) is 0 Å². The van der Waals surface area contributed by atoms with Crippen LogP contribution in [0.15, 0.2) is 42.5 Å². The Kier molecular flexibility index (Phi) is 4.94. The third-order valence-corrected chi connectivity index (χ3v) is 3.63. The van der Waals surface area contributed by atoms with Crippen molar-refractivity contribution >= 4 is 0 Å². The van der Waals surface area contributed by atoms with Gasteiger partial charge in [-0.3, -0.25) is 0 Å².